The van der Waals surface area contributed by atoms with Gasteiger partial charge in [0.25, 0.3) is 0 Å². The minimum atomic E-state index is -0.966. The van der Waals surface area contributed by atoms with Gasteiger partial charge in [0.1, 0.15) is 5.82 Å². The van der Waals surface area contributed by atoms with E-state index in [1.165, 1.54) is 22.2 Å². The van der Waals surface area contributed by atoms with Crippen LogP contribution in [-0.2, 0) is 12.2 Å². The summed E-state index contributed by atoms with van der Waals surface area (Å²) in [4.78, 5) is 16.4. The number of thioether (sulfide) groups is 1. The molecule has 0 bridgehead atoms. The van der Waals surface area contributed by atoms with Crippen LogP contribution >= 0.6 is 11.8 Å². The number of nitrogens with zero attached hydrogens (tertiary/aromatic N) is 1. The summed E-state index contributed by atoms with van der Waals surface area (Å²) in [5, 5.41) is 12.3. The van der Waals surface area contributed by atoms with Gasteiger partial charge >= 0.3 is 5.97 Å². The van der Waals surface area contributed by atoms with E-state index >= 15 is 0 Å². The maximum Gasteiger partial charge on any atom is 0.337 e. The molecule has 0 aliphatic carbocycles. The minimum absolute atomic E-state index is 0.173. The number of hydrogen-bond acceptors (Lipinski definition) is 4. The fourth-order valence-electron chi connectivity index (χ4n) is 2.79. The van der Waals surface area contributed by atoms with Crippen LogP contribution in [0.2, 0.25) is 0 Å². The van der Waals surface area contributed by atoms with E-state index in [0.29, 0.717) is 5.82 Å². The number of anilines is 1. The van der Waals surface area contributed by atoms with Crippen molar-refractivity contribution >= 4 is 23.5 Å². The molecule has 2 aromatic carbocycles. The van der Waals surface area contributed by atoms with E-state index in [1.807, 2.05) is 17.8 Å². The molecular formula is C22H22N2O2S. The average molecular weight is 378 g/mol. The lowest BCUT2D eigenvalue weighted by molar-refractivity contribution is 0.0696. The number of aromatic nitrogens is 1. The van der Waals surface area contributed by atoms with Gasteiger partial charge in [-0.15, -0.1) is 11.8 Å². The molecule has 3 rings (SSSR count). The third-order valence-electron chi connectivity index (χ3n) is 4.14. The first-order valence-electron chi connectivity index (χ1n) is 8.82. The van der Waals surface area contributed by atoms with Gasteiger partial charge in [-0.25, -0.2) is 9.78 Å². The van der Waals surface area contributed by atoms with Gasteiger partial charge < -0.3 is 10.4 Å². The van der Waals surface area contributed by atoms with Crippen molar-refractivity contribution in [1.29, 1.82) is 0 Å². The Morgan fingerprint density at radius 1 is 1.07 bits per heavy atom. The summed E-state index contributed by atoms with van der Waals surface area (Å²) in [7, 11) is 0. The number of nitrogens with one attached hydrogen (secondary N) is 1. The Kier molecular flexibility index (Phi) is 6.49. The van der Waals surface area contributed by atoms with Crippen molar-refractivity contribution in [3.05, 3.63) is 89.6 Å². The number of carboxylic acid groups (broad SMARTS) is 1. The highest BCUT2D eigenvalue weighted by Gasteiger charge is 2.10. The van der Waals surface area contributed by atoms with Gasteiger partial charge in [0.2, 0.25) is 0 Å². The smallest absolute Gasteiger partial charge is 0.337 e. The fourth-order valence-corrected chi connectivity index (χ4v) is 3.81. The van der Waals surface area contributed by atoms with E-state index in [0.717, 1.165) is 12.2 Å². The van der Waals surface area contributed by atoms with Crippen LogP contribution in [-0.4, -0.2) is 22.1 Å². The number of carbonyl (C=O) groups is 1. The van der Waals surface area contributed by atoms with Crippen molar-refractivity contribution < 1.29 is 9.90 Å². The average Bonchev–Trinajstić information content (AvgIpc) is 2.68. The number of pyridine rings is 1. The first-order valence-corrected chi connectivity index (χ1v) is 9.81. The van der Waals surface area contributed by atoms with Crippen LogP contribution in [0, 0.1) is 0 Å². The molecule has 1 aromatic heterocycles. The molecule has 0 saturated heterocycles. The molecule has 1 unspecified atom stereocenters. The zero-order chi connectivity index (χ0) is 19.1. The lowest BCUT2D eigenvalue weighted by atomic mass is 10.1. The molecule has 0 spiro atoms. The molecule has 1 atom stereocenters. The van der Waals surface area contributed by atoms with Gasteiger partial charge in [0.05, 0.1) is 5.56 Å². The summed E-state index contributed by atoms with van der Waals surface area (Å²) >= 11 is 1.84. The Labute approximate surface area is 163 Å². The highest BCUT2D eigenvalue weighted by Crippen LogP contribution is 2.27. The van der Waals surface area contributed by atoms with Gasteiger partial charge in [-0.05, 0) is 42.7 Å². The van der Waals surface area contributed by atoms with E-state index in [-0.39, 0.29) is 11.6 Å². The third kappa shape index (κ3) is 5.59. The fraction of sp³-hybridized carbons (Fsp3) is 0.182. The summed E-state index contributed by atoms with van der Waals surface area (Å²) in [6.45, 7) is 2.10. The molecule has 4 nitrogen and oxygen atoms in total. The summed E-state index contributed by atoms with van der Waals surface area (Å²) in [6.07, 6.45) is 2.24. The van der Waals surface area contributed by atoms with Crippen molar-refractivity contribution in [1.82, 2.24) is 4.98 Å². The molecule has 0 aliphatic heterocycles. The Balaban J connectivity index is 1.62. The second kappa shape index (κ2) is 9.24. The highest BCUT2D eigenvalue weighted by molar-refractivity contribution is 7.98. The number of aromatic carboxylic acids is 1. The predicted octanol–water partition coefficient (Wildman–Crippen LogP) is 5.12. The second-order valence-electron chi connectivity index (χ2n) is 6.37. The first kappa shape index (κ1) is 19.0. The Morgan fingerprint density at radius 3 is 2.52 bits per heavy atom. The van der Waals surface area contributed by atoms with E-state index in [1.54, 1.807) is 12.1 Å². The molecule has 2 N–H and O–H groups in total. The normalized spacial score (nSPS) is 11.7. The van der Waals surface area contributed by atoms with E-state index in [2.05, 4.69) is 65.8 Å². The predicted molar refractivity (Wildman–Crippen MR) is 110 cm³/mol. The molecule has 3 aromatic rings. The molecule has 0 amide bonds. The summed E-state index contributed by atoms with van der Waals surface area (Å²) in [6, 6.07) is 22.4. The number of rotatable bonds is 8. The number of carboxylic acids is 1. The second-order valence-corrected chi connectivity index (χ2v) is 7.39. The Morgan fingerprint density at radius 2 is 1.81 bits per heavy atom. The topological polar surface area (TPSA) is 62.2 Å². The van der Waals surface area contributed by atoms with Gasteiger partial charge in [0, 0.05) is 22.9 Å². The van der Waals surface area contributed by atoms with E-state index < -0.39 is 5.97 Å². The zero-order valence-corrected chi connectivity index (χ0v) is 15.9. The van der Waals surface area contributed by atoms with Crippen LogP contribution in [0.4, 0.5) is 5.82 Å². The molecule has 1 heterocycles. The van der Waals surface area contributed by atoms with Crippen molar-refractivity contribution in [2.24, 2.45) is 0 Å². The van der Waals surface area contributed by atoms with Gasteiger partial charge in [-0.2, -0.15) is 0 Å². The maximum absolute atomic E-state index is 10.9. The standard InChI is InChI=1S/C22H22N2O2S/c1-16(24-21-12-11-19(14-23-21)22(25)26)13-18-9-5-6-10-20(18)27-15-17-7-3-2-4-8-17/h2-12,14,16H,13,15H2,1H3,(H,23,24)(H,25,26). The van der Waals surface area contributed by atoms with Crippen LogP contribution in [0.1, 0.15) is 28.4 Å². The van der Waals surface area contributed by atoms with Crippen molar-refractivity contribution in [2.45, 2.75) is 30.0 Å². The quantitative estimate of drug-likeness (QED) is 0.533. The monoisotopic (exact) mass is 378 g/mol. The van der Waals surface area contributed by atoms with Gasteiger partial charge in [-0.1, -0.05) is 48.5 Å². The van der Waals surface area contributed by atoms with Crippen molar-refractivity contribution in [2.75, 3.05) is 5.32 Å². The minimum Gasteiger partial charge on any atom is -0.478 e. The largest absolute Gasteiger partial charge is 0.478 e. The van der Waals surface area contributed by atoms with E-state index in [4.69, 9.17) is 5.11 Å². The van der Waals surface area contributed by atoms with Crippen LogP contribution < -0.4 is 5.32 Å². The Bertz CT molecular complexity index is 882. The first-order chi connectivity index (χ1) is 13.1. The Hall–Kier alpha value is -2.79. The molecule has 0 saturated carbocycles. The maximum atomic E-state index is 10.9. The summed E-state index contributed by atoms with van der Waals surface area (Å²) < 4.78 is 0. The number of hydrogen-bond donors (Lipinski definition) is 2. The lowest BCUT2D eigenvalue weighted by Gasteiger charge is -2.17. The van der Waals surface area contributed by atoms with Crippen molar-refractivity contribution in [3.8, 4) is 0 Å². The van der Waals surface area contributed by atoms with Crippen LogP contribution in [0.5, 0.6) is 0 Å². The molecular weight excluding hydrogens is 356 g/mol. The SMILES string of the molecule is CC(Cc1ccccc1SCc1ccccc1)Nc1ccc(C(=O)O)cn1. The van der Waals surface area contributed by atoms with Crippen molar-refractivity contribution in [3.63, 3.8) is 0 Å². The summed E-state index contributed by atoms with van der Waals surface area (Å²) in [5.41, 5.74) is 2.79. The molecule has 27 heavy (non-hydrogen) atoms. The van der Waals surface area contributed by atoms with Gasteiger partial charge in [-0.3, -0.25) is 0 Å². The highest BCUT2D eigenvalue weighted by atomic mass is 32.2. The lowest BCUT2D eigenvalue weighted by Crippen LogP contribution is -2.19. The third-order valence-corrected chi connectivity index (χ3v) is 5.33. The molecule has 0 fully saturated rings. The molecule has 0 radical (unpaired) electrons. The number of benzene rings is 2. The van der Waals surface area contributed by atoms with Crippen LogP contribution in [0.3, 0.4) is 0 Å². The van der Waals surface area contributed by atoms with Gasteiger partial charge in [0.15, 0.2) is 0 Å². The zero-order valence-electron chi connectivity index (χ0n) is 15.1. The molecule has 138 valence electrons. The summed E-state index contributed by atoms with van der Waals surface area (Å²) in [5.74, 6) is 0.658. The van der Waals surface area contributed by atoms with E-state index in [9.17, 15) is 4.79 Å². The molecule has 0 aliphatic rings. The van der Waals surface area contributed by atoms with Crippen LogP contribution in [0.15, 0.2) is 77.8 Å². The van der Waals surface area contributed by atoms with Crippen LogP contribution in [0.25, 0.3) is 0 Å². The molecule has 5 heteroatoms.